The maximum Gasteiger partial charge on any atom is 0.272 e. The number of hydrogen-bond donors (Lipinski definition) is 1. The monoisotopic (exact) mass is 417 g/mol. The molecule has 1 unspecified atom stereocenters. The Morgan fingerprint density at radius 1 is 1.06 bits per heavy atom. The molecule has 2 aromatic heterocycles. The topological polar surface area (TPSA) is 81.8 Å². The van der Waals surface area contributed by atoms with E-state index >= 15 is 0 Å². The van der Waals surface area contributed by atoms with Gasteiger partial charge in [0.2, 0.25) is 0 Å². The van der Waals surface area contributed by atoms with Crippen molar-refractivity contribution in [3.8, 4) is 0 Å². The number of carbonyl (C=O) groups is 1. The van der Waals surface area contributed by atoms with Gasteiger partial charge in [-0.25, -0.2) is 14.1 Å². The summed E-state index contributed by atoms with van der Waals surface area (Å²) in [6.07, 6.45) is 3.38. The number of imidazole rings is 1. The number of halogens is 1. The Morgan fingerprint density at radius 3 is 2.48 bits per heavy atom. The molecule has 0 radical (unpaired) electrons. The Bertz CT molecular complexity index is 1250. The molecule has 0 fully saturated rings. The SMILES string of the molecule is Cn1ccnc1C(NC(=O)c1ccc(=O)n(Cc2ccccc2)n1)c1ccc(F)cc1. The first-order valence-corrected chi connectivity index (χ1v) is 9.67. The van der Waals surface area contributed by atoms with Crippen LogP contribution in [0.5, 0.6) is 0 Å². The highest BCUT2D eigenvalue weighted by molar-refractivity contribution is 5.92. The lowest BCUT2D eigenvalue weighted by molar-refractivity contribution is 0.0933. The van der Waals surface area contributed by atoms with E-state index in [4.69, 9.17) is 0 Å². The van der Waals surface area contributed by atoms with Crippen LogP contribution >= 0.6 is 0 Å². The fourth-order valence-corrected chi connectivity index (χ4v) is 3.25. The van der Waals surface area contributed by atoms with E-state index in [1.165, 1.54) is 28.9 Å². The summed E-state index contributed by atoms with van der Waals surface area (Å²) in [6.45, 7) is 0.252. The van der Waals surface area contributed by atoms with E-state index in [1.807, 2.05) is 37.4 Å². The number of hydrogen-bond acceptors (Lipinski definition) is 4. The Morgan fingerprint density at radius 2 is 1.81 bits per heavy atom. The second kappa shape index (κ2) is 8.74. The third-order valence-corrected chi connectivity index (χ3v) is 4.87. The molecule has 2 heterocycles. The standard InChI is InChI=1S/C23H20FN5O2/c1-28-14-13-25-22(28)21(17-7-9-18(24)10-8-17)26-23(31)19-11-12-20(30)29(27-19)15-16-5-3-2-4-6-16/h2-14,21H,15H2,1H3,(H,26,31). The second-order valence-electron chi connectivity index (χ2n) is 7.05. The highest BCUT2D eigenvalue weighted by Gasteiger charge is 2.22. The maximum atomic E-state index is 13.4. The van der Waals surface area contributed by atoms with E-state index < -0.39 is 11.9 Å². The first-order valence-electron chi connectivity index (χ1n) is 9.67. The van der Waals surface area contributed by atoms with E-state index in [2.05, 4.69) is 15.4 Å². The molecule has 2 aromatic carbocycles. The predicted molar refractivity (Wildman–Crippen MR) is 113 cm³/mol. The molecule has 0 spiro atoms. The van der Waals surface area contributed by atoms with Crippen molar-refractivity contribution in [2.24, 2.45) is 7.05 Å². The quantitative estimate of drug-likeness (QED) is 0.523. The van der Waals surface area contributed by atoms with Gasteiger partial charge in [0.25, 0.3) is 11.5 Å². The fraction of sp³-hybridized carbons (Fsp3) is 0.130. The zero-order valence-electron chi connectivity index (χ0n) is 16.8. The summed E-state index contributed by atoms with van der Waals surface area (Å²) in [7, 11) is 1.81. The van der Waals surface area contributed by atoms with Gasteiger partial charge < -0.3 is 9.88 Å². The van der Waals surface area contributed by atoms with Crippen molar-refractivity contribution in [3.05, 3.63) is 118 Å². The van der Waals surface area contributed by atoms with Gasteiger partial charge >= 0.3 is 0 Å². The van der Waals surface area contributed by atoms with E-state index in [1.54, 1.807) is 29.1 Å². The normalized spacial score (nSPS) is 11.8. The minimum atomic E-state index is -0.621. The minimum absolute atomic E-state index is 0.0943. The molecular formula is C23H20FN5O2. The van der Waals surface area contributed by atoms with Gasteiger partial charge in [-0.3, -0.25) is 9.59 Å². The number of benzene rings is 2. The number of rotatable bonds is 6. The number of aryl methyl sites for hydroxylation is 1. The number of nitrogens with zero attached hydrogens (tertiary/aromatic N) is 4. The molecule has 7 nitrogen and oxygen atoms in total. The van der Waals surface area contributed by atoms with Crippen molar-refractivity contribution in [1.29, 1.82) is 0 Å². The fourth-order valence-electron chi connectivity index (χ4n) is 3.25. The van der Waals surface area contributed by atoms with Crippen LogP contribution in [-0.2, 0) is 13.6 Å². The molecule has 8 heteroatoms. The average molecular weight is 417 g/mol. The van der Waals surface area contributed by atoms with Gasteiger partial charge in [0.15, 0.2) is 0 Å². The lowest BCUT2D eigenvalue weighted by Gasteiger charge is -2.19. The van der Waals surface area contributed by atoms with Crippen molar-refractivity contribution < 1.29 is 9.18 Å². The molecule has 0 aliphatic heterocycles. The van der Waals surface area contributed by atoms with Gasteiger partial charge in [-0.2, -0.15) is 5.10 Å². The summed E-state index contributed by atoms with van der Waals surface area (Å²) in [6, 6.07) is 17.3. The summed E-state index contributed by atoms with van der Waals surface area (Å²) in [5.74, 6) is -0.264. The third kappa shape index (κ3) is 4.58. The van der Waals surface area contributed by atoms with Crippen molar-refractivity contribution in [2.45, 2.75) is 12.6 Å². The summed E-state index contributed by atoms with van der Waals surface area (Å²) in [5.41, 5.74) is 1.35. The van der Waals surface area contributed by atoms with Crippen LogP contribution in [0.15, 0.2) is 83.9 Å². The van der Waals surface area contributed by atoms with Crippen molar-refractivity contribution in [3.63, 3.8) is 0 Å². The molecule has 0 bridgehead atoms. The van der Waals surface area contributed by atoms with E-state index in [9.17, 15) is 14.0 Å². The summed E-state index contributed by atoms with van der Waals surface area (Å²) >= 11 is 0. The summed E-state index contributed by atoms with van der Waals surface area (Å²) in [4.78, 5) is 29.6. The number of amides is 1. The zero-order chi connectivity index (χ0) is 21.8. The number of aromatic nitrogens is 4. The van der Waals surface area contributed by atoms with Crippen LogP contribution in [0, 0.1) is 5.82 Å². The molecule has 31 heavy (non-hydrogen) atoms. The van der Waals surface area contributed by atoms with E-state index in [0.29, 0.717) is 11.4 Å². The van der Waals surface area contributed by atoms with Crippen LogP contribution in [0.3, 0.4) is 0 Å². The second-order valence-corrected chi connectivity index (χ2v) is 7.05. The Hall–Kier alpha value is -4.07. The van der Waals surface area contributed by atoms with Gasteiger partial charge in [0.05, 0.1) is 6.54 Å². The average Bonchev–Trinajstić information content (AvgIpc) is 3.20. The van der Waals surface area contributed by atoms with Crippen molar-refractivity contribution in [1.82, 2.24) is 24.6 Å². The molecular weight excluding hydrogens is 397 g/mol. The largest absolute Gasteiger partial charge is 0.337 e. The first kappa shape index (κ1) is 20.2. The molecule has 0 aliphatic carbocycles. The zero-order valence-corrected chi connectivity index (χ0v) is 16.8. The van der Waals surface area contributed by atoms with E-state index in [0.717, 1.165) is 5.56 Å². The van der Waals surface area contributed by atoms with Gasteiger partial charge in [-0.05, 0) is 29.3 Å². The Labute approximate surface area is 177 Å². The van der Waals surface area contributed by atoms with Gasteiger partial charge in [0, 0.05) is 25.5 Å². The number of carbonyl (C=O) groups excluding carboxylic acids is 1. The molecule has 1 N–H and O–H groups in total. The van der Waals surface area contributed by atoms with Gasteiger partial charge in [-0.1, -0.05) is 42.5 Å². The molecule has 0 saturated carbocycles. The van der Waals surface area contributed by atoms with Crippen LogP contribution in [0.2, 0.25) is 0 Å². The maximum absolute atomic E-state index is 13.4. The van der Waals surface area contributed by atoms with Crippen LogP contribution in [0.25, 0.3) is 0 Å². The molecule has 0 aliphatic rings. The highest BCUT2D eigenvalue weighted by Crippen LogP contribution is 2.21. The highest BCUT2D eigenvalue weighted by atomic mass is 19.1. The predicted octanol–water partition coefficient (Wildman–Crippen LogP) is 2.68. The van der Waals surface area contributed by atoms with Gasteiger partial charge in [0.1, 0.15) is 23.4 Å². The smallest absolute Gasteiger partial charge is 0.272 e. The summed E-state index contributed by atoms with van der Waals surface area (Å²) in [5, 5.41) is 7.14. The van der Waals surface area contributed by atoms with Crippen molar-refractivity contribution in [2.75, 3.05) is 0 Å². The van der Waals surface area contributed by atoms with Crippen LogP contribution in [0.4, 0.5) is 4.39 Å². The molecule has 4 aromatic rings. The number of nitrogens with one attached hydrogen (secondary N) is 1. The minimum Gasteiger partial charge on any atom is -0.337 e. The van der Waals surface area contributed by atoms with Gasteiger partial charge in [-0.15, -0.1) is 0 Å². The molecule has 1 atom stereocenters. The third-order valence-electron chi connectivity index (χ3n) is 4.87. The first-order chi connectivity index (χ1) is 15.0. The lowest BCUT2D eigenvalue weighted by Crippen LogP contribution is -2.34. The Balaban J connectivity index is 1.63. The molecule has 0 saturated heterocycles. The lowest BCUT2D eigenvalue weighted by atomic mass is 10.1. The summed E-state index contributed by atoms with van der Waals surface area (Å²) < 4.78 is 16.4. The van der Waals surface area contributed by atoms with Crippen molar-refractivity contribution >= 4 is 5.91 Å². The van der Waals surface area contributed by atoms with E-state index in [-0.39, 0.29) is 23.6 Å². The molecule has 4 rings (SSSR count). The van der Waals surface area contributed by atoms with Crippen LogP contribution < -0.4 is 10.9 Å². The molecule has 1 amide bonds. The molecule has 156 valence electrons. The Kier molecular flexibility index (Phi) is 5.70. The van der Waals surface area contributed by atoms with Crippen LogP contribution in [-0.4, -0.2) is 25.2 Å². The van der Waals surface area contributed by atoms with Crippen LogP contribution in [0.1, 0.15) is 33.5 Å².